The first-order chi connectivity index (χ1) is 10.3. The van der Waals surface area contributed by atoms with E-state index in [0.717, 1.165) is 0 Å². The monoisotopic (exact) mass is 321 g/mol. The maximum atomic E-state index is 12.6. The summed E-state index contributed by atoms with van der Waals surface area (Å²) in [5.74, 6) is -0.976. The van der Waals surface area contributed by atoms with Crippen molar-refractivity contribution in [3.05, 3.63) is 40.2 Å². The molecule has 3 N–H and O–H groups in total. The zero-order valence-corrected chi connectivity index (χ0v) is 12.8. The van der Waals surface area contributed by atoms with Gasteiger partial charge in [-0.05, 0) is 32.0 Å². The van der Waals surface area contributed by atoms with Crippen molar-refractivity contribution in [2.75, 3.05) is 0 Å². The van der Waals surface area contributed by atoms with E-state index in [1.165, 1.54) is 36.2 Å². The SMILES string of the molecule is CC1(C)SC(c2coc3ccc(O)cc3c2=O)NC1C(=O)O. The second-order valence-corrected chi connectivity index (χ2v) is 7.50. The van der Waals surface area contributed by atoms with E-state index in [1.807, 2.05) is 13.8 Å². The fourth-order valence-electron chi connectivity index (χ4n) is 2.59. The van der Waals surface area contributed by atoms with Crippen molar-refractivity contribution < 1.29 is 19.4 Å². The second-order valence-electron chi connectivity index (χ2n) is 5.74. The summed E-state index contributed by atoms with van der Waals surface area (Å²) in [5.41, 5.74) is 0.451. The first-order valence-electron chi connectivity index (χ1n) is 6.71. The number of carboxylic acids is 1. The predicted octanol–water partition coefficient (Wildman–Crippen LogP) is 2.07. The number of fused-ring (bicyclic) bond motifs is 1. The lowest BCUT2D eigenvalue weighted by molar-refractivity contribution is -0.139. The van der Waals surface area contributed by atoms with Crippen LogP contribution in [0.1, 0.15) is 24.8 Å². The fourth-order valence-corrected chi connectivity index (χ4v) is 4.00. The summed E-state index contributed by atoms with van der Waals surface area (Å²) in [6, 6.07) is 3.55. The summed E-state index contributed by atoms with van der Waals surface area (Å²) in [6.45, 7) is 3.63. The van der Waals surface area contributed by atoms with E-state index in [2.05, 4.69) is 5.32 Å². The van der Waals surface area contributed by atoms with Gasteiger partial charge in [0.2, 0.25) is 0 Å². The molecule has 22 heavy (non-hydrogen) atoms. The molecule has 1 saturated heterocycles. The quantitative estimate of drug-likeness (QED) is 0.778. The number of benzene rings is 1. The first-order valence-corrected chi connectivity index (χ1v) is 7.58. The number of hydrogen-bond acceptors (Lipinski definition) is 6. The number of rotatable bonds is 2. The Labute approximate surface area is 130 Å². The van der Waals surface area contributed by atoms with Crippen molar-refractivity contribution >= 4 is 28.7 Å². The lowest BCUT2D eigenvalue weighted by Gasteiger charge is -2.20. The Bertz CT molecular complexity index is 813. The maximum Gasteiger partial charge on any atom is 0.322 e. The summed E-state index contributed by atoms with van der Waals surface area (Å²) in [4.78, 5) is 23.9. The molecule has 2 heterocycles. The molecular formula is C15H15NO5S. The highest BCUT2D eigenvalue weighted by Gasteiger charge is 2.46. The molecule has 1 aromatic carbocycles. The van der Waals surface area contributed by atoms with Gasteiger partial charge in [-0.25, -0.2) is 0 Å². The van der Waals surface area contributed by atoms with Gasteiger partial charge in [0.15, 0.2) is 5.43 Å². The molecule has 0 aliphatic carbocycles. The fraction of sp³-hybridized carbons (Fsp3) is 0.333. The highest BCUT2D eigenvalue weighted by atomic mass is 32.2. The molecule has 0 bridgehead atoms. The minimum Gasteiger partial charge on any atom is -0.508 e. The number of carbonyl (C=O) groups is 1. The number of aromatic hydroxyl groups is 1. The van der Waals surface area contributed by atoms with Crippen molar-refractivity contribution in [3.63, 3.8) is 0 Å². The maximum absolute atomic E-state index is 12.6. The van der Waals surface area contributed by atoms with Gasteiger partial charge >= 0.3 is 5.97 Å². The molecule has 0 spiro atoms. The van der Waals surface area contributed by atoms with Crippen molar-refractivity contribution in [2.24, 2.45) is 0 Å². The number of carboxylic acid groups (broad SMARTS) is 1. The van der Waals surface area contributed by atoms with Crippen LogP contribution in [-0.4, -0.2) is 27.0 Å². The van der Waals surface area contributed by atoms with Crippen molar-refractivity contribution in [1.82, 2.24) is 5.32 Å². The van der Waals surface area contributed by atoms with Gasteiger partial charge in [-0.3, -0.25) is 14.9 Å². The van der Waals surface area contributed by atoms with Crippen molar-refractivity contribution in [2.45, 2.75) is 30.0 Å². The van der Waals surface area contributed by atoms with Crippen LogP contribution in [0.2, 0.25) is 0 Å². The standard InChI is InChI=1S/C15H15NO5S/c1-15(2)12(14(19)20)16-13(22-15)9-6-21-10-4-3-7(17)5-8(10)11(9)18/h3-6,12-13,16-17H,1-2H3,(H,19,20). The van der Waals surface area contributed by atoms with Crippen LogP contribution in [0.5, 0.6) is 5.75 Å². The van der Waals surface area contributed by atoms with Gasteiger partial charge < -0.3 is 14.6 Å². The number of phenolic OH excluding ortho intramolecular Hbond substituents is 1. The van der Waals surface area contributed by atoms with Crippen LogP contribution < -0.4 is 10.7 Å². The van der Waals surface area contributed by atoms with Gasteiger partial charge in [0.25, 0.3) is 0 Å². The molecule has 2 atom stereocenters. The molecule has 116 valence electrons. The number of nitrogens with one attached hydrogen (secondary N) is 1. The van der Waals surface area contributed by atoms with Crippen LogP contribution in [0.4, 0.5) is 0 Å². The van der Waals surface area contributed by atoms with E-state index in [-0.39, 0.29) is 16.6 Å². The third-order valence-electron chi connectivity index (χ3n) is 3.75. The molecule has 1 aromatic heterocycles. The molecule has 2 aromatic rings. The van der Waals surface area contributed by atoms with E-state index in [4.69, 9.17) is 4.42 Å². The molecular weight excluding hydrogens is 306 g/mol. The molecule has 1 fully saturated rings. The van der Waals surface area contributed by atoms with Crippen LogP contribution in [-0.2, 0) is 4.79 Å². The molecule has 1 aliphatic heterocycles. The van der Waals surface area contributed by atoms with Crippen LogP contribution in [0, 0.1) is 0 Å². The number of hydrogen-bond donors (Lipinski definition) is 3. The summed E-state index contributed by atoms with van der Waals surface area (Å²) >= 11 is 1.37. The van der Waals surface area contributed by atoms with E-state index in [9.17, 15) is 19.8 Å². The van der Waals surface area contributed by atoms with E-state index < -0.39 is 22.1 Å². The van der Waals surface area contributed by atoms with Gasteiger partial charge in [0, 0.05) is 4.75 Å². The minimum absolute atomic E-state index is 0.0206. The molecule has 6 nitrogen and oxygen atoms in total. The van der Waals surface area contributed by atoms with Gasteiger partial charge in [0.1, 0.15) is 23.6 Å². The van der Waals surface area contributed by atoms with Crippen molar-refractivity contribution in [3.8, 4) is 5.75 Å². The normalized spacial score (nSPS) is 23.7. The summed E-state index contributed by atoms with van der Waals surface area (Å²) < 4.78 is 4.88. The second kappa shape index (κ2) is 5.03. The molecule has 2 unspecified atom stereocenters. The Morgan fingerprint density at radius 1 is 1.41 bits per heavy atom. The third kappa shape index (κ3) is 2.36. The van der Waals surface area contributed by atoms with E-state index >= 15 is 0 Å². The third-order valence-corrected chi connectivity index (χ3v) is 5.22. The summed E-state index contributed by atoms with van der Waals surface area (Å²) in [5, 5.41) is 21.6. The molecule has 0 amide bonds. The van der Waals surface area contributed by atoms with Gasteiger partial charge in [-0.2, -0.15) is 0 Å². The lowest BCUT2D eigenvalue weighted by atomic mass is 10.0. The van der Waals surface area contributed by atoms with Gasteiger partial charge in [0.05, 0.1) is 16.3 Å². The zero-order chi connectivity index (χ0) is 16.1. The van der Waals surface area contributed by atoms with Crippen LogP contribution in [0.15, 0.2) is 33.7 Å². The van der Waals surface area contributed by atoms with Crippen LogP contribution in [0.3, 0.4) is 0 Å². The van der Waals surface area contributed by atoms with Gasteiger partial charge in [-0.15, -0.1) is 11.8 Å². The smallest absolute Gasteiger partial charge is 0.322 e. The Hall–Kier alpha value is -1.99. The largest absolute Gasteiger partial charge is 0.508 e. The lowest BCUT2D eigenvalue weighted by Crippen LogP contribution is -2.43. The highest BCUT2D eigenvalue weighted by molar-refractivity contribution is 8.01. The molecule has 0 radical (unpaired) electrons. The molecule has 3 rings (SSSR count). The van der Waals surface area contributed by atoms with E-state index in [0.29, 0.717) is 11.1 Å². The Balaban J connectivity index is 2.07. The number of aliphatic carboxylic acids is 1. The number of phenols is 1. The predicted molar refractivity (Wildman–Crippen MR) is 83.1 cm³/mol. The molecule has 7 heteroatoms. The van der Waals surface area contributed by atoms with Crippen LogP contribution in [0.25, 0.3) is 11.0 Å². The average molecular weight is 321 g/mol. The molecule has 1 aliphatic rings. The Morgan fingerprint density at radius 2 is 2.14 bits per heavy atom. The average Bonchev–Trinajstić information content (AvgIpc) is 2.75. The van der Waals surface area contributed by atoms with Crippen molar-refractivity contribution in [1.29, 1.82) is 0 Å². The Morgan fingerprint density at radius 3 is 2.77 bits per heavy atom. The molecule has 0 saturated carbocycles. The topological polar surface area (TPSA) is 99.8 Å². The first kappa shape index (κ1) is 14.9. The Kier molecular flexibility index (Phi) is 3.41. The highest BCUT2D eigenvalue weighted by Crippen LogP contribution is 2.45. The summed E-state index contributed by atoms with van der Waals surface area (Å²) in [6.07, 6.45) is 1.35. The van der Waals surface area contributed by atoms with Gasteiger partial charge in [-0.1, -0.05) is 0 Å². The summed E-state index contributed by atoms with van der Waals surface area (Å²) in [7, 11) is 0. The minimum atomic E-state index is -0.956. The van der Waals surface area contributed by atoms with E-state index in [1.54, 1.807) is 0 Å². The van der Waals surface area contributed by atoms with Crippen LogP contribution >= 0.6 is 11.8 Å². The number of thioether (sulfide) groups is 1. The zero-order valence-electron chi connectivity index (χ0n) is 12.0.